The number of nitrogens with zero attached hydrogens (tertiary/aromatic N) is 5. The van der Waals surface area contributed by atoms with Crippen LogP contribution in [-0.2, 0) is 0 Å². The second kappa shape index (κ2) is 11.1. The van der Waals surface area contributed by atoms with E-state index in [2.05, 4.69) is 25.3 Å². The van der Waals surface area contributed by atoms with Crippen LogP contribution in [-0.4, -0.2) is 58.0 Å². The maximum absolute atomic E-state index is 12.4. The summed E-state index contributed by atoms with van der Waals surface area (Å²) in [5.41, 5.74) is 10.6. The summed E-state index contributed by atoms with van der Waals surface area (Å²) in [5.74, 6) is -4.04. The minimum Gasteiger partial charge on any atom is -0.384 e. The number of hydrogen-bond donors (Lipinski definition) is 3. The third kappa shape index (κ3) is 9.24. The molecule has 4 rings (SSSR count). The maximum Gasteiger partial charge on any atom is 0.282 e. The van der Waals surface area contributed by atoms with E-state index in [1.807, 2.05) is 0 Å². The van der Waals surface area contributed by atoms with E-state index in [0.29, 0.717) is 11.6 Å². The summed E-state index contributed by atoms with van der Waals surface area (Å²) in [6.45, 7) is -0.910. The Balaban J connectivity index is 0.000000425. The van der Waals surface area contributed by atoms with Gasteiger partial charge in [0.2, 0.25) is 11.2 Å². The molecule has 2 fully saturated rings. The summed E-state index contributed by atoms with van der Waals surface area (Å²) >= 11 is 5.34. The van der Waals surface area contributed by atoms with Gasteiger partial charge in [-0.05, 0) is 23.7 Å². The fourth-order valence-electron chi connectivity index (χ4n) is 1.83. The van der Waals surface area contributed by atoms with Gasteiger partial charge in [0, 0.05) is 12.4 Å². The van der Waals surface area contributed by atoms with Crippen LogP contribution in [0.25, 0.3) is 0 Å². The van der Waals surface area contributed by atoms with Gasteiger partial charge in [-0.25, -0.2) is 32.5 Å². The molecule has 0 atom stereocenters. The van der Waals surface area contributed by atoms with Crippen LogP contribution >= 0.6 is 24.0 Å². The van der Waals surface area contributed by atoms with Crippen LogP contribution < -0.4 is 21.7 Å². The molecular formula is C15H22Cl2F4N8. The van der Waals surface area contributed by atoms with Gasteiger partial charge < -0.3 is 21.7 Å². The fraction of sp³-hybridized carbons (Fsp3) is 0.467. The van der Waals surface area contributed by atoms with Gasteiger partial charge in [0.1, 0.15) is 11.6 Å². The molecule has 2 aromatic heterocycles. The third-order valence-corrected chi connectivity index (χ3v) is 3.39. The lowest BCUT2D eigenvalue weighted by atomic mass is 10.2. The first kappa shape index (κ1) is 26.8. The van der Waals surface area contributed by atoms with E-state index in [4.69, 9.17) is 23.1 Å². The zero-order chi connectivity index (χ0) is 20.1. The summed E-state index contributed by atoms with van der Waals surface area (Å²) in [6.07, 6.45) is 2.96. The van der Waals surface area contributed by atoms with Crippen LogP contribution in [0.15, 0.2) is 24.5 Å². The minimum atomic E-state index is -2.60. The molecule has 164 valence electrons. The lowest BCUT2D eigenvalue weighted by molar-refractivity contribution is -0.0475. The smallest absolute Gasteiger partial charge is 0.282 e. The normalized spacial score (nSPS) is 17.3. The molecule has 29 heavy (non-hydrogen) atoms. The predicted molar refractivity (Wildman–Crippen MR) is 107 cm³/mol. The highest BCUT2D eigenvalue weighted by Crippen LogP contribution is 2.29. The Labute approximate surface area is 176 Å². The summed E-state index contributed by atoms with van der Waals surface area (Å²) < 4.78 is 47.8. The molecule has 0 saturated carbocycles. The van der Waals surface area contributed by atoms with E-state index in [-0.39, 0.29) is 57.2 Å². The van der Waals surface area contributed by atoms with E-state index in [1.54, 1.807) is 6.07 Å². The van der Waals surface area contributed by atoms with Crippen molar-refractivity contribution < 1.29 is 17.6 Å². The second-order valence-corrected chi connectivity index (χ2v) is 6.04. The van der Waals surface area contributed by atoms with E-state index < -0.39 is 11.8 Å². The lowest BCUT2D eigenvalue weighted by Crippen LogP contribution is -2.57. The van der Waals surface area contributed by atoms with Crippen LogP contribution in [0, 0.1) is 0 Å². The first-order chi connectivity index (χ1) is 12.6. The highest BCUT2D eigenvalue weighted by molar-refractivity contribution is 6.28. The van der Waals surface area contributed by atoms with Crippen molar-refractivity contribution in [3.05, 3.63) is 29.8 Å². The number of hydrogen-bond acceptors (Lipinski definition) is 8. The van der Waals surface area contributed by atoms with Gasteiger partial charge in [0.05, 0.1) is 26.2 Å². The molecule has 0 amide bonds. The standard InChI is InChI=1S/C7H8F2N4.C4H4ClN3.C3H5F2N.CH4.ClH/c8-7(9)3-13(4-7)6-11-2-1-5(10)12-6;5-4-7-2-1-3(6)8-4;4-3(5)1-6-2-3;;/h1-2H,3-4H2,(H2,10,11,12);1-2H,(H2,6,7,8);6H,1-2H2;1H4;1H. The summed E-state index contributed by atoms with van der Waals surface area (Å²) in [7, 11) is 0. The van der Waals surface area contributed by atoms with Gasteiger partial charge >= 0.3 is 0 Å². The number of anilines is 3. The van der Waals surface area contributed by atoms with Crippen LogP contribution in [0.4, 0.5) is 35.1 Å². The molecule has 2 saturated heterocycles. The molecule has 4 heterocycles. The van der Waals surface area contributed by atoms with Crippen LogP contribution in [0.3, 0.4) is 0 Å². The van der Waals surface area contributed by atoms with Gasteiger partial charge in [0.25, 0.3) is 11.8 Å². The third-order valence-electron chi connectivity index (χ3n) is 3.21. The summed E-state index contributed by atoms with van der Waals surface area (Å²) in [5, 5.41) is 2.64. The maximum atomic E-state index is 12.4. The summed E-state index contributed by atoms with van der Waals surface area (Å²) in [6, 6.07) is 3.09. The number of nitrogen functional groups attached to an aromatic ring is 2. The fourth-order valence-corrected chi connectivity index (χ4v) is 1.98. The molecule has 2 aliphatic rings. The highest BCUT2D eigenvalue weighted by atomic mass is 35.5. The van der Waals surface area contributed by atoms with E-state index >= 15 is 0 Å². The van der Waals surface area contributed by atoms with Crippen molar-refractivity contribution in [1.82, 2.24) is 25.3 Å². The molecule has 5 N–H and O–H groups in total. The monoisotopic (exact) mass is 460 g/mol. The Kier molecular flexibility index (Phi) is 10.3. The van der Waals surface area contributed by atoms with Crippen molar-refractivity contribution in [2.75, 3.05) is 42.5 Å². The number of halogens is 6. The summed E-state index contributed by atoms with van der Waals surface area (Å²) in [4.78, 5) is 16.3. The van der Waals surface area contributed by atoms with Crippen LogP contribution in [0.1, 0.15) is 7.43 Å². The zero-order valence-electron chi connectivity index (χ0n) is 14.3. The SMILES string of the molecule is C.Cl.FC1(F)CNC1.Nc1ccnc(Cl)n1.Nc1ccnc(N2CC(F)(F)C2)n1. The van der Waals surface area contributed by atoms with Crippen molar-refractivity contribution in [1.29, 1.82) is 0 Å². The van der Waals surface area contributed by atoms with Gasteiger partial charge in [-0.2, -0.15) is 4.98 Å². The van der Waals surface area contributed by atoms with Crippen molar-refractivity contribution in [3.8, 4) is 0 Å². The molecule has 0 unspecified atom stereocenters. The van der Waals surface area contributed by atoms with E-state index in [1.165, 1.54) is 23.4 Å². The van der Waals surface area contributed by atoms with Crippen LogP contribution in [0.5, 0.6) is 0 Å². The molecule has 2 aliphatic heterocycles. The Bertz CT molecular complexity index is 737. The predicted octanol–water partition coefficient (Wildman–Crippen LogP) is 2.51. The Morgan fingerprint density at radius 2 is 1.41 bits per heavy atom. The molecule has 0 aliphatic carbocycles. The van der Waals surface area contributed by atoms with Crippen molar-refractivity contribution >= 4 is 41.6 Å². The molecule has 0 bridgehead atoms. The Hall–Kier alpha value is -2.18. The molecular weight excluding hydrogens is 439 g/mol. The first-order valence-corrected chi connectivity index (χ1v) is 7.98. The molecule has 14 heteroatoms. The molecule has 8 nitrogen and oxygen atoms in total. The zero-order valence-corrected chi connectivity index (χ0v) is 15.9. The van der Waals surface area contributed by atoms with Crippen molar-refractivity contribution in [2.24, 2.45) is 0 Å². The molecule has 0 spiro atoms. The molecule has 0 aromatic carbocycles. The average molecular weight is 461 g/mol. The van der Waals surface area contributed by atoms with Gasteiger partial charge in [-0.3, -0.25) is 0 Å². The number of rotatable bonds is 1. The minimum absolute atomic E-state index is 0. The number of nitrogens with two attached hydrogens (primary N) is 2. The Morgan fingerprint density at radius 3 is 1.72 bits per heavy atom. The largest absolute Gasteiger partial charge is 0.384 e. The van der Waals surface area contributed by atoms with Crippen molar-refractivity contribution in [2.45, 2.75) is 19.3 Å². The van der Waals surface area contributed by atoms with E-state index in [0.717, 1.165) is 0 Å². The molecule has 0 radical (unpaired) electrons. The first-order valence-electron chi connectivity index (χ1n) is 7.60. The number of alkyl halides is 4. The number of aromatic nitrogens is 4. The van der Waals surface area contributed by atoms with Crippen molar-refractivity contribution in [3.63, 3.8) is 0 Å². The lowest BCUT2D eigenvalue weighted by Gasteiger charge is -2.38. The van der Waals surface area contributed by atoms with Gasteiger partial charge in [-0.15, -0.1) is 12.4 Å². The van der Waals surface area contributed by atoms with E-state index in [9.17, 15) is 17.6 Å². The van der Waals surface area contributed by atoms with Crippen LogP contribution in [0.2, 0.25) is 5.28 Å². The van der Waals surface area contributed by atoms with Gasteiger partial charge in [-0.1, -0.05) is 7.43 Å². The topological polar surface area (TPSA) is 119 Å². The highest BCUT2D eigenvalue weighted by Gasteiger charge is 2.45. The second-order valence-electron chi connectivity index (χ2n) is 5.70. The average Bonchev–Trinajstić information content (AvgIpc) is 2.52. The molecule has 2 aromatic rings. The Morgan fingerprint density at radius 1 is 0.931 bits per heavy atom. The quantitative estimate of drug-likeness (QED) is 0.438. The van der Waals surface area contributed by atoms with Gasteiger partial charge in [0.15, 0.2) is 0 Å². The number of nitrogens with one attached hydrogen (secondary N) is 1.